The monoisotopic (exact) mass is 413 g/mol. The second-order valence-electron chi connectivity index (χ2n) is 7.57. The third-order valence-corrected chi connectivity index (χ3v) is 4.39. The van der Waals surface area contributed by atoms with Gasteiger partial charge in [0.1, 0.15) is 30.6 Å². The average Bonchev–Trinajstić information content (AvgIpc) is 3.14. The molecule has 3 heterocycles. The zero-order valence-corrected chi connectivity index (χ0v) is 16.7. The summed E-state index contributed by atoms with van der Waals surface area (Å²) in [5.41, 5.74) is -0.0799. The molecule has 0 spiro atoms. The molecule has 2 aromatic heterocycles. The highest BCUT2D eigenvalue weighted by Crippen LogP contribution is 2.34. The maximum Gasteiger partial charge on any atom is 0.311 e. The number of halogens is 2. The van der Waals surface area contributed by atoms with Gasteiger partial charge in [0, 0.05) is 13.3 Å². The first kappa shape index (κ1) is 20.4. The molecule has 28 heavy (non-hydrogen) atoms. The molecule has 1 aliphatic heterocycles. The van der Waals surface area contributed by atoms with Crippen LogP contribution in [0.1, 0.15) is 40.3 Å². The predicted molar refractivity (Wildman–Crippen MR) is 98.5 cm³/mol. The van der Waals surface area contributed by atoms with Gasteiger partial charge in [-0.3, -0.25) is 19.5 Å². The maximum absolute atomic E-state index is 14.4. The predicted octanol–water partition coefficient (Wildman–Crippen LogP) is 2.65. The van der Waals surface area contributed by atoms with Gasteiger partial charge in [0.15, 0.2) is 10.8 Å². The molecular formula is C17H21ClFN5O4. The first-order valence-electron chi connectivity index (χ1n) is 8.70. The normalized spacial score (nSPS) is 22.4. The number of ether oxygens (including phenoxy) is 2. The third kappa shape index (κ3) is 4.22. The second-order valence-corrected chi connectivity index (χ2v) is 7.93. The largest absolute Gasteiger partial charge is 0.462 e. The molecule has 2 aromatic rings. The van der Waals surface area contributed by atoms with Gasteiger partial charge in [0.25, 0.3) is 0 Å². The lowest BCUT2D eigenvalue weighted by Gasteiger charge is -2.20. The van der Waals surface area contributed by atoms with Crippen LogP contribution in [0, 0.1) is 5.41 Å². The quantitative estimate of drug-likeness (QED) is 0.606. The van der Waals surface area contributed by atoms with E-state index in [-0.39, 0.29) is 30.0 Å². The summed E-state index contributed by atoms with van der Waals surface area (Å²) in [5.74, 6) is -0.778. The minimum absolute atomic E-state index is 0.0113. The van der Waals surface area contributed by atoms with Gasteiger partial charge in [-0.1, -0.05) is 11.6 Å². The number of rotatable bonds is 4. The summed E-state index contributed by atoms with van der Waals surface area (Å²) >= 11 is 6.10. The molecule has 9 nitrogen and oxygen atoms in total. The van der Waals surface area contributed by atoms with Crippen LogP contribution in [0.25, 0.3) is 11.2 Å². The van der Waals surface area contributed by atoms with Crippen LogP contribution in [0.15, 0.2) is 6.33 Å². The Hall–Kier alpha value is -2.33. The van der Waals surface area contributed by atoms with Crippen LogP contribution in [0.5, 0.6) is 0 Å². The van der Waals surface area contributed by atoms with Crippen molar-refractivity contribution in [2.45, 2.75) is 52.6 Å². The lowest BCUT2D eigenvalue weighted by Crippen LogP contribution is -2.30. The minimum atomic E-state index is -1.33. The van der Waals surface area contributed by atoms with Crippen LogP contribution >= 0.6 is 11.6 Å². The minimum Gasteiger partial charge on any atom is -0.462 e. The number of hydrogen-bond donors (Lipinski definition) is 1. The summed E-state index contributed by atoms with van der Waals surface area (Å²) in [4.78, 5) is 35.5. The molecule has 3 unspecified atom stereocenters. The second kappa shape index (κ2) is 7.59. The van der Waals surface area contributed by atoms with Gasteiger partial charge < -0.3 is 9.47 Å². The maximum atomic E-state index is 14.4. The molecule has 0 radical (unpaired) electrons. The molecule has 0 saturated carbocycles. The Balaban J connectivity index is 1.78. The third-order valence-electron chi connectivity index (χ3n) is 4.13. The summed E-state index contributed by atoms with van der Waals surface area (Å²) in [6.07, 6.45) is -1.50. The summed E-state index contributed by atoms with van der Waals surface area (Å²) in [6, 6.07) is 0. The highest BCUT2D eigenvalue weighted by atomic mass is 35.5. The van der Waals surface area contributed by atoms with Crippen LogP contribution in [0.3, 0.4) is 0 Å². The molecule has 1 N–H and O–H groups in total. The Labute approximate surface area is 165 Å². The number of fused-ring (bicyclic) bond motifs is 1. The molecule has 1 fully saturated rings. The first-order valence-corrected chi connectivity index (χ1v) is 9.08. The van der Waals surface area contributed by atoms with Crippen LogP contribution < -0.4 is 5.32 Å². The van der Waals surface area contributed by atoms with Crippen molar-refractivity contribution in [3.8, 4) is 0 Å². The molecule has 0 bridgehead atoms. The first-order chi connectivity index (χ1) is 13.1. The fourth-order valence-corrected chi connectivity index (χ4v) is 2.90. The number of nitrogens with one attached hydrogen (secondary N) is 1. The Bertz CT molecular complexity index is 913. The number of aromatic nitrogens is 4. The molecule has 11 heteroatoms. The molecule has 1 aliphatic rings. The number of alkyl halides is 1. The van der Waals surface area contributed by atoms with Gasteiger partial charge in [-0.2, -0.15) is 9.97 Å². The standard InChI is InChI=1S/C17H21ClFN5O4/c1-8(25)21-16-22-13(18)12-14(23-16)24(7-20-12)11-5-9(19)10(28-11)6-27-15(26)17(2,3)4/h7,9-11H,5-6H2,1-4H3,(H,21,22,23,25). The number of nitrogens with zero attached hydrogens (tertiary/aromatic N) is 4. The number of esters is 1. The van der Waals surface area contributed by atoms with Gasteiger partial charge >= 0.3 is 5.97 Å². The van der Waals surface area contributed by atoms with E-state index < -0.39 is 29.9 Å². The Kier molecular flexibility index (Phi) is 5.53. The Morgan fingerprint density at radius 1 is 1.43 bits per heavy atom. The smallest absolute Gasteiger partial charge is 0.311 e. The lowest BCUT2D eigenvalue weighted by molar-refractivity contribution is -0.158. The fourth-order valence-electron chi connectivity index (χ4n) is 2.69. The van der Waals surface area contributed by atoms with E-state index in [1.165, 1.54) is 17.8 Å². The highest BCUT2D eigenvalue weighted by Gasteiger charge is 2.39. The topological polar surface area (TPSA) is 108 Å². The highest BCUT2D eigenvalue weighted by molar-refractivity contribution is 6.33. The number of anilines is 1. The number of carbonyl (C=O) groups is 2. The SMILES string of the molecule is CC(=O)Nc1nc(Cl)c2ncn(C3CC(F)C(COC(=O)C(C)(C)C)O3)c2n1. The van der Waals surface area contributed by atoms with Crippen molar-refractivity contribution < 1.29 is 23.5 Å². The van der Waals surface area contributed by atoms with Gasteiger partial charge in [-0.25, -0.2) is 9.37 Å². The summed E-state index contributed by atoms with van der Waals surface area (Å²) in [5, 5.41) is 2.50. The van der Waals surface area contributed by atoms with Gasteiger partial charge in [-0.15, -0.1) is 0 Å². The van der Waals surface area contributed by atoms with Gasteiger partial charge in [0.05, 0.1) is 11.7 Å². The van der Waals surface area contributed by atoms with Crippen molar-refractivity contribution in [3.05, 3.63) is 11.5 Å². The number of imidazole rings is 1. The van der Waals surface area contributed by atoms with Crippen molar-refractivity contribution in [1.29, 1.82) is 0 Å². The van der Waals surface area contributed by atoms with Crippen molar-refractivity contribution in [1.82, 2.24) is 19.5 Å². The molecule has 0 aliphatic carbocycles. The zero-order chi connectivity index (χ0) is 20.6. The average molecular weight is 414 g/mol. The van der Waals surface area contributed by atoms with E-state index >= 15 is 0 Å². The van der Waals surface area contributed by atoms with E-state index in [0.29, 0.717) is 11.2 Å². The van der Waals surface area contributed by atoms with E-state index in [2.05, 4.69) is 20.3 Å². The molecular weight excluding hydrogens is 393 g/mol. The van der Waals surface area contributed by atoms with Crippen LogP contribution in [0.4, 0.5) is 10.3 Å². The van der Waals surface area contributed by atoms with Crippen molar-refractivity contribution in [2.75, 3.05) is 11.9 Å². The Morgan fingerprint density at radius 2 is 2.14 bits per heavy atom. The lowest BCUT2D eigenvalue weighted by atomic mass is 9.97. The van der Waals surface area contributed by atoms with E-state index in [9.17, 15) is 14.0 Å². The molecule has 1 saturated heterocycles. The van der Waals surface area contributed by atoms with Gasteiger partial charge in [0.2, 0.25) is 11.9 Å². The zero-order valence-electron chi connectivity index (χ0n) is 15.9. The number of amides is 1. The van der Waals surface area contributed by atoms with Crippen molar-refractivity contribution in [2.24, 2.45) is 5.41 Å². The summed E-state index contributed by atoms with van der Waals surface area (Å²) in [6.45, 7) is 6.28. The van der Waals surface area contributed by atoms with E-state index in [4.69, 9.17) is 21.1 Å². The molecule has 3 rings (SSSR count). The fraction of sp³-hybridized carbons (Fsp3) is 0.588. The van der Waals surface area contributed by atoms with Crippen LogP contribution in [-0.2, 0) is 19.1 Å². The molecule has 3 atom stereocenters. The number of carbonyl (C=O) groups excluding carboxylic acids is 2. The van der Waals surface area contributed by atoms with Gasteiger partial charge in [-0.05, 0) is 20.8 Å². The van der Waals surface area contributed by atoms with E-state index in [0.717, 1.165) is 0 Å². The van der Waals surface area contributed by atoms with E-state index in [1.807, 2.05) is 0 Å². The van der Waals surface area contributed by atoms with Crippen LogP contribution in [0.2, 0.25) is 5.15 Å². The number of hydrogen-bond acceptors (Lipinski definition) is 7. The van der Waals surface area contributed by atoms with Crippen molar-refractivity contribution >= 4 is 40.6 Å². The molecule has 1 amide bonds. The molecule has 0 aromatic carbocycles. The molecule has 152 valence electrons. The van der Waals surface area contributed by atoms with Crippen molar-refractivity contribution in [3.63, 3.8) is 0 Å². The summed E-state index contributed by atoms with van der Waals surface area (Å²) in [7, 11) is 0. The van der Waals surface area contributed by atoms with Crippen LogP contribution in [-0.4, -0.2) is 50.3 Å². The summed E-state index contributed by atoms with van der Waals surface area (Å²) < 4.78 is 26.9. The Morgan fingerprint density at radius 3 is 2.79 bits per heavy atom. The van der Waals surface area contributed by atoms with E-state index in [1.54, 1.807) is 20.8 Å².